The van der Waals surface area contributed by atoms with Gasteiger partial charge in [-0.25, -0.2) is 0 Å². The van der Waals surface area contributed by atoms with Crippen molar-refractivity contribution in [2.24, 2.45) is 5.92 Å². The fraction of sp³-hybridized carbons (Fsp3) is 0.600. The number of benzene rings is 1. The van der Waals surface area contributed by atoms with Crippen molar-refractivity contribution in [2.45, 2.75) is 26.6 Å². The van der Waals surface area contributed by atoms with Crippen LogP contribution in [0, 0.1) is 5.92 Å². The Bertz CT molecular complexity index is 358. The molecule has 1 unspecified atom stereocenters. The van der Waals surface area contributed by atoms with E-state index in [0.717, 1.165) is 23.1 Å². The van der Waals surface area contributed by atoms with Crippen molar-refractivity contribution in [1.82, 2.24) is 5.32 Å². The second-order valence-corrected chi connectivity index (χ2v) is 5.89. The van der Waals surface area contributed by atoms with Gasteiger partial charge in [-0.05, 0) is 24.1 Å². The molecule has 108 valence electrons. The lowest BCUT2D eigenvalue weighted by Gasteiger charge is -2.19. The highest BCUT2D eigenvalue weighted by atomic mass is 79.9. The molecule has 1 aromatic carbocycles. The van der Waals surface area contributed by atoms with E-state index in [1.165, 1.54) is 0 Å². The number of nitrogens with one attached hydrogen (secondary N) is 1. The molecule has 0 amide bonds. The molecule has 0 aliphatic rings. The lowest BCUT2D eigenvalue weighted by molar-refractivity contribution is -0.0105. The summed E-state index contributed by atoms with van der Waals surface area (Å²) in [6, 6.07) is 8.12. The molecule has 0 aliphatic heterocycles. The molecule has 1 rings (SSSR count). The summed E-state index contributed by atoms with van der Waals surface area (Å²) < 4.78 is 12.2. The average Bonchev–Trinajstić information content (AvgIpc) is 2.37. The van der Waals surface area contributed by atoms with Crippen molar-refractivity contribution in [3.8, 4) is 0 Å². The van der Waals surface area contributed by atoms with Gasteiger partial charge in [0, 0.05) is 18.1 Å². The minimum atomic E-state index is 0.0795. The molecule has 0 spiro atoms. The standard InChI is InChI=1S/C15H24BrNO2/c1-12(2)8-17-9-14(11-18-3)19-10-13-6-4-5-7-15(13)16/h4-7,12,14,17H,8-11H2,1-3H3. The molecule has 1 aromatic rings. The van der Waals surface area contributed by atoms with E-state index < -0.39 is 0 Å². The number of methoxy groups -OCH3 is 1. The molecular formula is C15H24BrNO2. The molecule has 4 heteroatoms. The Labute approximate surface area is 124 Å². The Morgan fingerprint density at radius 3 is 2.58 bits per heavy atom. The van der Waals surface area contributed by atoms with Gasteiger partial charge < -0.3 is 14.8 Å². The Hall–Kier alpha value is -0.420. The lowest BCUT2D eigenvalue weighted by atomic mass is 10.2. The summed E-state index contributed by atoms with van der Waals surface area (Å²) in [6.07, 6.45) is 0.0795. The second-order valence-electron chi connectivity index (χ2n) is 5.03. The van der Waals surface area contributed by atoms with E-state index in [0.29, 0.717) is 19.1 Å². The summed E-state index contributed by atoms with van der Waals surface area (Å²) >= 11 is 3.53. The van der Waals surface area contributed by atoms with Crippen LogP contribution in [0.2, 0.25) is 0 Å². The van der Waals surface area contributed by atoms with Crippen LogP contribution in [0.5, 0.6) is 0 Å². The highest BCUT2D eigenvalue weighted by molar-refractivity contribution is 9.10. The zero-order valence-corrected chi connectivity index (χ0v) is 13.6. The number of rotatable bonds is 9. The lowest BCUT2D eigenvalue weighted by Crippen LogP contribution is -2.34. The Morgan fingerprint density at radius 1 is 1.21 bits per heavy atom. The van der Waals surface area contributed by atoms with E-state index in [-0.39, 0.29) is 6.10 Å². The zero-order chi connectivity index (χ0) is 14.1. The van der Waals surface area contributed by atoms with Gasteiger partial charge in [0.15, 0.2) is 0 Å². The SMILES string of the molecule is COCC(CNCC(C)C)OCc1ccccc1Br. The van der Waals surface area contributed by atoms with Gasteiger partial charge in [0.2, 0.25) is 0 Å². The molecular weight excluding hydrogens is 306 g/mol. The van der Waals surface area contributed by atoms with Crippen LogP contribution >= 0.6 is 15.9 Å². The summed E-state index contributed by atoms with van der Waals surface area (Å²) in [5.41, 5.74) is 1.16. The van der Waals surface area contributed by atoms with Crippen LogP contribution < -0.4 is 5.32 Å². The van der Waals surface area contributed by atoms with Crippen LogP contribution in [0.3, 0.4) is 0 Å². The summed E-state index contributed by atoms with van der Waals surface area (Å²) in [4.78, 5) is 0. The third-order valence-electron chi connectivity index (χ3n) is 2.71. The number of ether oxygens (including phenoxy) is 2. The van der Waals surface area contributed by atoms with Crippen LogP contribution in [0.4, 0.5) is 0 Å². The minimum Gasteiger partial charge on any atom is -0.382 e. The quantitative estimate of drug-likeness (QED) is 0.754. The first kappa shape index (κ1) is 16.6. The van der Waals surface area contributed by atoms with Crippen molar-refractivity contribution < 1.29 is 9.47 Å². The van der Waals surface area contributed by atoms with Crippen molar-refractivity contribution in [2.75, 3.05) is 26.8 Å². The largest absolute Gasteiger partial charge is 0.382 e. The predicted molar refractivity (Wildman–Crippen MR) is 82.3 cm³/mol. The fourth-order valence-corrected chi connectivity index (χ4v) is 2.11. The van der Waals surface area contributed by atoms with Gasteiger partial charge in [-0.2, -0.15) is 0 Å². The van der Waals surface area contributed by atoms with E-state index in [1.54, 1.807) is 7.11 Å². The molecule has 0 saturated heterocycles. The maximum absolute atomic E-state index is 5.91. The summed E-state index contributed by atoms with van der Waals surface area (Å²) in [7, 11) is 1.71. The molecule has 1 atom stereocenters. The second kappa shape index (κ2) is 9.48. The summed E-state index contributed by atoms with van der Waals surface area (Å²) in [5.74, 6) is 0.645. The maximum atomic E-state index is 5.91. The smallest absolute Gasteiger partial charge is 0.0936 e. The summed E-state index contributed by atoms with van der Waals surface area (Å²) in [5, 5.41) is 3.40. The van der Waals surface area contributed by atoms with Crippen LogP contribution in [0.1, 0.15) is 19.4 Å². The number of halogens is 1. The normalized spacial score (nSPS) is 12.9. The van der Waals surface area contributed by atoms with Crippen LogP contribution in [-0.4, -0.2) is 32.9 Å². The third-order valence-corrected chi connectivity index (χ3v) is 3.48. The Kier molecular flexibility index (Phi) is 8.30. The third kappa shape index (κ3) is 7.06. The Balaban J connectivity index is 2.38. The molecule has 0 heterocycles. The predicted octanol–water partition coefficient (Wildman–Crippen LogP) is 3.23. The van der Waals surface area contributed by atoms with E-state index in [9.17, 15) is 0 Å². The fourth-order valence-electron chi connectivity index (χ4n) is 1.71. The molecule has 0 aliphatic carbocycles. The zero-order valence-electron chi connectivity index (χ0n) is 12.0. The van der Waals surface area contributed by atoms with Gasteiger partial charge >= 0.3 is 0 Å². The molecule has 19 heavy (non-hydrogen) atoms. The monoisotopic (exact) mass is 329 g/mol. The van der Waals surface area contributed by atoms with Gasteiger partial charge in [-0.3, -0.25) is 0 Å². The first-order chi connectivity index (χ1) is 9.13. The first-order valence-electron chi connectivity index (χ1n) is 6.68. The van der Waals surface area contributed by atoms with Crippen molar-refractivity contribution in [3.63, 3.8) is 0 Å². The molecule has 0 radical (unpaired) electrons. The van der Waals surface area contributed by atoms with Gasteiger partial charge in [0.1, 0.15) is 0 Å². The van der Waals surface area contributed by atoms with E-state index in [2.05, 4.69) is 41.2 Å². The topological polar surface area (TPSA) is 30.5 Å². The Morgan fingerprint density at radius 2 is 1.95 bits per heavy atom. The van der Waals surface area contributed by atoms with Gasteiger partial charge in [-0.1, -0.05) is 48.0 Å². The van der Waals surface area contributed by atoms with Crippen LogP contribution in [-0.2, 0) is 16.1 Å². The highest BCUT2D eigenvalue weighted by Gasteiger charge is 2.10. The number of hydrogen-bond donors (Lipinski definition) is 1. The molecule has 0 fully saturated rings. The average molecular weight is 330 g/mol. The molecule has 3 nitrogen and oxygen atoms in total. The van der Waals surface area contributed by atoms with E-state index in [4.69, 9.17) is 9.47 Å². The highest BCUT2D eigenvalue weighted by Crippen LogP contribution is 2.17. The molecule has 0 aromatic heterocycles. The molecule has 1 N–H and O–H groups in total. The molecule has 0 bridgehead atoms. The van der Waals surface area contributed by atoms with Crippen LogP contribution in [0.15, 0.2) is 28.7 Å². The summed E-state index contributed by atoms with van der Waals surface area (Å²) in [6.45, 7) is 7.41. The molecule has 0 saturated carbocycles. The number of hydrogen-bond acceptors (Lipinski definition) is 3. The first-order valence-corrected chi connectivity index (χ1v) is 7.47. The van der Waals surface area contributed by atoms with Crippen molar-refractivity contribution >= 4 is 15.9 Å². The minimum absolute atomic E-state index is 0.0795. The van der Waals surface area contributed by atoms with Gasteiger partial charge in [0.05, 0.1) is 19.3 Å². The van der Waals surface area contributed by atoms with E-state index in [1.807, 2.05) is 18.2 Å². The van der Waals surface area contributed by atoms with Gasteiger partial charge in [-0.15, -0.1) is 0 Å². The van der Waals surface area contributed by atoms with Crippen molar-refractivity contribution in [3.05, 3.63) is 34.3 Å². The van der Waals surface area contributed by atoms with E-state index >= 15 is 0 Å². The van der Waals surface area contributed by atoms with Gasteiger partial charge in [0.25, 0.3) is 0 Å². The maximum Gasteiger partial charge on any atom is 0.0936 e. The van der Waals surface area contributed by atoms with Crippen molar-refractivity contribution in [1.29, 1.82) is 0 Å². The van der Waals surface area contributed by atoms with Crippen LogP contribution in [0.25, 0.3) is 0 Å².